The second-order valence-electron chi connectivity index (χ2n) is 2.83. The quantitative estimate of drug-likeness (QED) is 0.672. The van der Waals surface area contributed by atoms with Gasteiger partial charge in [-0.2, -0.15) is 0 Å². The molecule has 0 aromatic heterocycles. The summed E-state index contributed by atoms with van der Waals surface area (Å²) in [5, 5.41) is 0.666. The van der Waals surface area contributed by atoms with Crippen molar-refractivity contribution in [2.45, 2.75) is 20.8 Å². The molecule has 0 fully saturated rings. The van der Waals surface area contributed by atoms with E-state index in [1.807, 2.05) is 13.0 Å². The van der Waals surface area contributed by atoms with Gasteiger partial charge in [-0.15, -0.1) is 0 Å². The van der Waals surface area contributed by atoms with E-state index in [9.17, 15) is 0 Å². The zero-order chi connectivity index (χ0) is 9.56. The first-order chi connectivity index (χ1) is 5.61. The number of halogens is 1. The van der Waals surface area contributed by atoms with Gasteiger partial charge in [-0.25, -0.2) is 0 Å². The van der Waals surface area contributed by atoms with Crippen molar-refractivity contribution < 1.29 is 0 Å². The van der Waals surface area contributed by atoms with Gasteiger partial charge < -0.3 is 5.73 Å². The van der Waals surface area contributed by atoms with Crippen molar-refractivity contribution in [3.05, 3.63) is 35.0 Å². The van der Waals surface area contributed by atoms with Crippen molar-refractivity contribution >= 4 is 11.6 Å². The van der Waals surface area contributed by atoms with Crippen molar-refractivity contribution in [3.8, 4) is 0 Å². The summed E-state index contributed by atoms with van der Waals surface area (Å²) >= 11 is 5.85. The summed E-state index contributed by atoms with van der Waals surface area (Å²) in [5.41, 5.74) is 6.42. The lowest BCUT2D eigenvalue weighted by atomic mass is 10.0. The van der Waals surface area contributed by atoms with Crippen molar-refractivity contribution in [1.29, 1.82) is 0 Å². The number of allylic oxidation sites excluding steroid dienone is 5. The van der Waals surface area contributed by atoms with Crippen molar-refractivity contribution in [3.63, 3.8) is 0 Å². The lowest BCUT2D eigenvalue weighted by molar-refractivity contribution is 0.789. The minimum atomic E-state index is 0.495. The normalized spacial score (nSPS) is 14.8. The Bertz CT molecular complexity index is 212. The molecule has 12 heavy (non-hydrogen) atoms. The molecule has 0 aliphatic rings. The van der Waals surface area contributed by atoms with E-state index in [4.69, 9.17) is 17.3 Å². The lowest BCUT2D eigenvalue weighted by Crippen LogP contribution is -1.90. The maximum Gasteiger partial charge on any atom is 0.0422 e. The van der Waals surface area contributed by atoms with Crippen LogP contribution in [0.4, 0.5) is 0 Å². The van der Waals surface area contributed by atoms with Gasteiger partial charge in [-0.05, 0) is 36.8 Å². The topological polar surface area (TPSA) is 26.0 Å². The average Bonchev–Trinajstić information content (AvgIpc) is 2.00. The van der Waals surface area contributed by atoms with Gasteiger partial charge >= 0.3 is 0 Å². The Labute approximate surface area is 79.6 Å². The molecule has 0 bridgehead atoms. The molecule has 0 amide bonds. The molecule has 0 aromatic rings. The Morgan fingerprint density at radius 1 is 1.42 bits per heavy atom. The second kappa shape index (κ2) is 5.90. The number of nitrogens with two attached hydrogens (primary N) is 1. The van der Waals surface area contributed by atoms with Gasteiger partial charge in [-0.3, -0.25) is 0 Å². The van der Waals surface area contributed by atoms with Crippen LogP contribution in [0.15, 0.2) is 35.0 Å². The molecule has 0 saturated carbocycles. The van der Waals surface area contributed by atoms with Crippen molar-refractivity contribution in [2.24, 2.45) is 11.7 Å². The van der Waals surface area contributed by atoms with Crippen LogP contribution in [-0.2, 0) is 0 Å². The summed E-state index contributed by atoms with van der Waals surface area (Å²) in [6, 6.07) is 0. The van der Waals surface area contributed by atoms with E-state index in [1.54, 1.807) is 6.08 Å². The van der Waals surface area contributed by atoms with E-state index in [-0.39, 0.29) is 0 Å². The molecule has 0 spiro atoms. The summed E-state index contributed by atoms with van der Waals surface area (Å²) < 4.78 is 0. The molecule has 0 aromatic carbocycles. The highest BCUT2D eigenvalue weighted by atomic mass is 35.5. The zero-order valence-electron chi connectivity index (χ0n) is 7.84. The summed E-state index contributed by atoms with van der Waals surface area (Å²) in [5.74, 6) is 0.495. The van der Waals surface area contributed by atoms with Gasteiger partial charge in [0.2, 0.25) is 0 Å². The summed E-state index contributed by atoms with van der Waals surface area (Å²) in [7, 11) is 0. The fraction of sp³-hybridized carbons (Fsp3) is 0.400. The highest BCUT2D eigenvalue weighted by Gasteiger charge is 1.98. The van der Waals surface area contributed by atoms with Crippen LogP contribution < -0.4 is 5.73 Å². The molecule has 0 heterocycles. The molecule has 0 radical (unpaired) electrons. The smallest absolute Gasteiger partial charge is 0.0422 e. The number of rotatable bonds is 3. The molecule has 0 atom stereocenters. The van der Waals surface area contributed by atoms with E-state index < -0.39 is 0 Å². The largest absolute Gasteiger partial charge is 0.405 e. The third kappa shape index (κ3) is 4.24. The van der Waals surface area contributed by atoms with Crippen molar-refractivity contribution in [2.75, 3.05) is 0 Å². The van der Waals surface area contributed by atoms with Crippen LogP contribution in [0.3, 0.4) is 0 Å². The highest BCUT2D eigenvalue weighted by Crippen LogP contribution is 2.15. The average molecular weight is 186 g/mol. The Hall–Kier alpha value is -0.690. The number of hydrogen-bond donors (Lipinski definition) is 1. The van der Waals surface area contributed by atoms with Crippen LogP contribution in [0.5, 0.6) is 0 Å². The summed E-state index contributed by atoms with van der Waals surface area (Å²) in [6.07, 6.45) is 7.09. The molecule has 0 aliphatic heterocycles. The monoisotopic (exact) mass is 185 g/mol. The Kier molecular flexibility index (Phi) is 5.56. The maximum atomic E-state index is 5.85. The van der Waals surface area contributed by atoms with Gasteiger partial charge in [-0.1, -0.05) is 31.5 Å². The van der Waals surface area contributed by atoms with E-state index >= 15 is 0 Å². The van der Waals surface area contributed by atoms with Crippen molar-refractivity contribution in [1.82, 2.24) is 0 Å². The molecule has 0 unspecified atom stereocenters. The van der Waals surface area contributed by atoms with Crippen LogP contribution in [0.1, 0.15) is 20.8 Å². The Balaban J connectivity index is 4.48. The third-order valence-electron chi connectivity index (χ3n) is 1.56. The molecule has 0 saturated heterocycles. The first kappa shape index (κ1) is 11.3. The SMILES string of the molecule is C\C=C(/C=C(Cl)\C=C/N)C(C)C. The highest BCUT2D eigenvalue weighted by molar-refractivity contribution is 6.31. The molecule has 2 N–H and O–H groups in total. The van der Waals surface area contributed by atoms with Gasteiger partial charge in [0.15, 0.2) is 0 Å². The fourth-order valence-corrected chi connectivity index (χ4v) is 1.08. The fourth-order valence-electron chi connectivity index (χ4n) is 0.883. The third-order valence-corrected chi connectivity index (χ3v) is 1.80. The van der Waals surface area contributed by atoms with Crippen LogP contribution >= 0.6 is 11.6 Å². The Morgan fingerprint density at radius 2 is 2.00 bits per heavy atom. The lowest BCUT2D eigenvalue weighted by Gasteiger charge is -2.04. The first-order valence-corrected chi connectivity index (χ1v) is 4.41. The standard InChI is InChI=1S/C10H16ClN/c1-4-9(8(2)3)7-10(11)5-6-12/h4-8H,12H2,1-3H3/b6-5-,9-4+,10-7+. The van der Waals surface area contributed by atoms with E-state index in [0.717, 1.165) is 0 Å². The second-order valence-corrected chi connectivity index (χ2v) is 3.27. The van der Waals surface area contributed by atoms with Crippen LogP contribution in [0.2, 0.25) is 0 Å². The maximum absolute atomic E-state index is 5.85. The summed E-state index contributed by atoms with van der Waals surface area (Å²) in [4.78, 5) is 0. The molecule has 0 aliphatic carbocycles. The van der Waals surface area contributed by atoms with Gasteiger partial charge in [0.25, 0.3) is 0 Å². The molecule has 68 valence electrons. The zero-order valence-corrected chi connectivity index (χ0v) is 8.60. The predicted octanol–water partition coefficient (Wildman–Crippen LogP) is 3.18. The first-order valence-electron chi connectivity index (χ1n) is 4.03. The van der Waals surface area contributed by atoms with Crippen LogP contribution in [0, 0.1) is 5.92 Å². The van der Waals surface area contributed by atoms with E-state index in [2.05, 4.69) is 19.9 Å². The van der Waals surface area contributed by atoms with Crippen LogP contribution in [0.25, 0.3) is 0 Å². The molecule has 0 rings (SSSR count). The molecular weight excluding hydrogens is 170 g/mol. The van der Waals surface area contributed by atoms with Gasteiger partial charge in [0, 0.05) is 5.03 Å². The van der Waals surface area contributed by atoms with E-state index in [1.165, 1.54) is 11.8 Å². The molecule has 2 heteroatoms. The molecular formula is C10H16ClN. The van der Waals surface area contributed by atoms with E-state index in [0.29, 0.717) is 11.0 Å². The van der Waals surface area contributed by atoms with Gasteiger partial charge in [0.1, 0.15) is 0 Å². The Morgan fingerprint density at radius 3 is 2.33 bits per heavy atom. The minimum Gasteiger partial charge on any atom is -0.405 e. The summed E-state index contributed by atoms with van der Waals surface area (Å²) in [6.45, 7) is 6.26. The van der Waals surface area contributed by atoms with Crippen LogP contribution in [-0.4, -0.2) is 0 Å². The van der Waals surface area contributed by atoms with Gasteiger partial charge in [0.05, 0.1) is 0 Å². The molecule has 1 nitrogen and oxygen atoms in total. The number of hydrogen-bond acceptors (Lipinski definition) is 1. The minimum absolute atomic E-state index is 0.495. The predicted molar refractivity (Wildman–Crippen MR) is 55.9 cm³/mol.